The second-order valence-corrected chi connectivity index (χ2v) is 7.89. The quantitative estimate of drug-likeness (QED) is 0.878. The van der Waals surface area contributed by atoms with Crippen molar-refractivity contribution in [2.75, 3.05) is 12.4 Å². The SMILES string of the molecule is CNS(=O)(=O)c1ccc(CNc2nc(C)nc(C)c2C)s1. The first kappa shape index (κ1) is 15.9. The average Bonchev–Trinajstić information content (AvgIpc) is 2.91. The van der Waals surface area contributed by atoms with Crippen molar-refractivity contribution in [1.29, 1.82) is 0 Å². The molecule has 2 aromatic rings. The predicted octanol–water partition coefficient (Wildman–Crippen LogP) is 1.98. The van der Waals surface area contributed by atoms with Crippen molar-refractivity contribution in [1.82, 2.24) is 14.7 Å². The number of rotatable bonds is 5. The average molecular weight is 326 g/mol. The van der Waals surface area contributed by atoms with Crippen LogP contribution in [-0.2, 0) is 16.6 Å². The van der Waals surface area contributed by atoms with Gasteiger partial charge in [-0.25, -0.2) is 23.1 Å². The molecule has 8 heteroatoms. The molecule has 21 heavy (non-hydrogen) atoms. The first-order valence-electron chi connectivity index (χ1n) is 6.41. The van der Waals surface area contributed by atoms with Gasteiger partial charge in [0.25, 0.3) is 0 Å². The smallest absolute Gasteiger partial charge is 0.249 e. The van der Waals surface area contributed by atoms with Crippen LogP contribution in [0, 0.1) is 20.8 Å². The van der Waals surface area contributed by atoms with Gasteiger partial charge in [0.2, 0.25) is 10.0 Å². The summed E-state index contributed by atoms with van der Waals surface area (Å²) < 4.78 is 26.0. The zero-order valence-corrected chi connectivity index (χ0v) is 14.0. The van der Waals surface area contributed by atoms with Crippen molar-refractivity contribution in [3.63, 3.8) is 0 Å². The Bertz CT molecular complexity index is 754. The largest absolute Gasteiger partial charge is 0.365 e. The van der Waals surface area contributed by atoms with Gasteiger partial charge in [-0.3, -0.25) is 0 Å². The number of anilines is 1. The molecule has 0 bridgehead atoms. The normalized spacial score (nSPS) is 11.6. The topological polar surface area (TPSA) is 84.0 Å². The molecule has 0 spiro atoms. The first-order chi connectivity index (χ1) is 9.83. The zero-order chi connectivity index (χ0) is 15.6. The second-order valence-electron chi connectivity index (χ2n) is 4.61. The molecule has 0 saturated carbocycles. The Morgan fingerprint density at radius 3 is 2.57 bits per heavy atom. The summed E-state index contributed by atoms with van der Waals surface area (Å²) in [4.78, 5) is 9.60. The van der Waals surface area contributed by atoms with Crippen molar-refractivity contribution in [3.8, 4) is 0 Å². The summed E-state index contributed by atoms with van der Waals surface area (Å²) in [6.07, 6.45) is 0. The number of hydrogen-bond acceptors (Lipinski definition) is 6. The highest BCUT2D eigenvalue weighted by atomic mass is 32.2. The highest BCUT2D eigenvalue weighted by Crippen LogP contribution is 2.23. The number of thiophene rings is 1. The molecular weight excluding hydrogens is 308 g/mol. The highest BCUT2D eigenvalue weighted by Gasteiger charge is 2.14. The van der Waals surface area contributed by atoms with Gasteiger partial charge < -0.3 is 5.32 Å². The van der Waals surface area contributed by atoms with Crippen LogP contribution >= 0.6 is 11.3 Å². The van der Waals surface area contributed by atoms with Crippen LogP contribution in [0.5, 0.6) is 0 Å². The van der Waals surface area contributed by atoms with Crippen LogP contribution in [0.2, 0.25) is 0 Å². The summed E-state index contributed by atoms with van der Waals surface area (Å²) in [7, 11) is -1.96. The summed E-state index contributed by atoms with van der Waals surface area (Å²) in [6, 6.07) is 3.41. The third kappa shape index (κ3) is 3.58. The standard InChI is InChI=1S/C13H18N4O2S2/c1-8-9(2)16-10(3)17-13(8)15-7-11-5-6-12(20-11)21(18,19)14-4/h5-6,14H,7H2,1-4H3,(H,15,16,17). The van der Waals surface area contributed by atoms with Crippen molar-refractivity contribution < 1.29 is 8.42 Å². The predicted molar refractivity (Wildman–Crippen MR) is 84.1 cm³/mol. The van der Waals surface area contributed by atoms with Crippen molar-refractivity contribution in [2.24, 2.45) is 0 Å². The molecule has 2 rings (SSSR count). The Kier molecular flexibility index (Phi) is 4.60. The lowest BCUT2D eigenvalue weighted by Gasteiger charge is -2.10. The Morgan fingerprint density at radius 1 is 1.19 bits per heavy atom. The molecule has 0 fully saturated rings. The number of sulfonamides is 1. The van der Waals surface area contributed by atoms with Gasteiger partial charge in [0.05, 0.1) is 6.54 Å². The summed E-state index contributed by atoms with van der Waals surface area (Å²) in [5.41, 5.74) is 1.94. The van der Waals surface area contributed by atoms with Gasteiger partial charge in [-0.1, -0.05) is 0 Å². The second kappa shape index (κ2) is 6.08. The van der Waals surface area contributed by atoms with E-state index < -0.39 is 10.0 Å². The van der Waals surface area contributed by atoms with E-state index in [0.717, 1.165) is 22.0 Å². The maximum atomic E-state index is 11.7. The molecule has 6 nitrogen and oxygen atoms in total. The zero-order valence-electron chi connectivity index (χ0n) is 12.4. The lowest BCUT2D eigenvalue weighted by Crippen LogP contribution is -2.17. The maximum absolute atomic E-state index is 11.7. The van der Waals surface area contributed by atoms with E-state index >= 15 is 0 Å². The Morgan fingerprint density at radius 2 is 1.90 bits per heavy atom. The fourth-order valence-corrected chi connectivity index (χ4v) is 3.94. The number of hydrogen-bond donors (Lipinski definition) is 2. The minimum absolute atomic E-state index is 0.313. The summed E-state index contributed by atoms with van der Waals surface area (Å²) in [6.45, 7) is 6.28. The molecule has 114 valence electrons. The number of nitrogens with one attached hydrogen (secondary N) is 2. The highest BCUT2D eigenvalue weighted by molar-refractivity contribution is 7.91. The van der Waals surface area contributed by atoms with E-state index in [1.165, 1.54) is 18.4 Å². The van der Waals surface area contributed by atoms with E-state index in [1.807, 2.05) is 20.8 Å². The molecule has 0 unspecified atom stereocenters. The number of aryl methyl sites for hydroxylation is 2. The Labute approximate surface area is 128 Å². The van der Waals surface area contributed by atoms with Gasteiger partial charge in [-0.05, 0) is 40.0 Å². The minimum atomic E-state index is -3.37. The van der Waals surface area contributed by atoms with Crippen molar-refractivity contribution in [3.05, 3.63) is 34.1 Å². The van der Waals surface area contributed by atoms with Gasteiger partial charge in [-0.2, -0.15) is 0 Å². The van der Waals surface area contributed by atoms with Gasteiger partial charge >= 0.3 is 0 Å². The van der Waals surface area contributed by atoms with E-state index in [-0.39, 0.29) is 0 Å². The third-order valence-electron chi connectivity index (χ3n) is 3.10. The van der Waals surface area contributed by atoms with Gasteiger partial charge in [0.15, 0.2) is 0 Å². The molecular formula is C13H18N4O2S2. The van der Waals surface area contributed by atoms with E-state index in [0.29, 0.717) is 16.6 Å². The van der Waals surface area contributed by atoms with E-state index in [2.05, 4.69) is 20.0 Å². The molecule has 0 radical (unpaired) electrons. The molecule has 2 N–H and O–H groups in total. The lowest BCUT2D eigenvalue weighted by molar-refractivity contribution is 0.590. The first-order valence-corrected chi connectivity index (χ1v) is 8.71. The van der Waals surface area contributed by atoms with E-state index in [9.17, 15) is 8.42 Å². The molecule has 0 saturated heterocycles. The minimum Gasteiger partial charge on any atom is -0.365 e. The third-order valence-corrected chi connectivity index (χ3v) is 6.09. The fraction of sp³-hybridized carbons (Fsp3) is 0.385. The lowest BCUT2D eigenvalue weighted by atomic mass is 10.2. The fourth-order valence-electron chi connectivity index (χ4n) is 1.81. The van der Waals surface area contributed by atoms with Gasteiger partial charge in [0, 0.05) is 16.1 Å². The summed E-state index contributed by atoms with van der Waals surface area (Å²) in [5, 5.41) is 3.24. The summed E-state index contributed by atoms with van der Waals surface area (Å²) >= 11 is 1.24. The molecule has 2 heterocycles. The monoisotopic (exact) mass is 326 g/mol. The molecule has 0 aliphatic heterocycles. The molecule has 0 aromatic carbocycles. The van der Waals surface area contributed by atoms with Crippen LogP contribution in [0.15, 0.2) is 16.3 Å². The molecule has 0 aliphatic rings. The van der Waals surface area contributed by atoms with E-state index in [1.54, 1.807) is 12.1 Å². The number of aromatic nitrogens is 2. The summed E-state index contributed by atoms with van der Waals surface area (Å²) in [5.74, 6) is 1.50. The van der Waals surface area contributed by atoms with Crippen LogP contribution in [-0.4, -0.2) is 25.4 Å². The molecule has 2 aromatic heterocycles. The Balaban J connectivity index is 2.15. The Hall–Kier alpha value is -1.51. The van der Waals surface area contributed by atoms with Crippen molar-refractivity contribution >= 4 is 27.2 Å². The number of nitrogens with zero attached hydrogens (tertiary/aromatic N) is 2. The van der Waals surface area contributed by atoms with Gasteiger partial charge in [0.1, 0.15) is 15.9 Å². The van der Waals surface area contributed by atoms with Crippen molar-refractivity contribution in [2.45, 2.75) is 31.5 Å². The molecule has 0 atom stereocenters. The maximum Gasteiger partial charge on any atom is 0.249 e. The van der Waals surface area contributed by atoms with Crippen LogP contribution in [0.4, 0.5) is 5.82 Å². The van der Waals surface area contributed by atoms with Crippen LogP contribution in [0.3, 0.4) is 0 Å². The molecule has 0 aliphatic carbocycles. The van der Waals surface area contributed by atoms with E-state index in [4.69, 9.17) is 0 Å². The van der Waals surface area contributed by atoms with Crippen LogP contribution in [0.25, 0.3) is 0 Å². The molecule has 0 amide bonds. The van der Waals surface area contributed by atoms with Crippen LogP contribution < -0.4 is 10.0 Å². The van der Waals surface area contributed by atoms with Gasteiger partial charge in [-0.15, -0.1) is 11.3 Å². The van der Waals surface area contributed by atoms with Crippen LogP contribution in [0.1, 0.15) is 22.0 Å².